The SMILES string of the molecule is COc1ccc([C@@H]2CC(c3cccc(NS(C)(=O)=O)c3)=NN2S(=O)(=O)c2ccc(C)cc2)cc1. The number of sulfonamides is 2. The highest BCUT2D eigenvalue weighted by molar-refractivity contribution is 7.92. The minimum absolute atomic E-state index is 0.147. The molecular weight excluding hydrogens is 474 g/mol. The molecule has 0 amide bonds. The number of benzene rings is 3. The second-order valence-electron chi connectivity index (χ2n) is 8.09. The summed E-state index contributed by atoms with van der Waals surface area (Å²) < 4.78 is 59.3. The van der Waals surface area contributed by atoms with Crippen molar-refractivity contribution in [2.75, 3.05) is 18.1 Å². The maximum atomic E-state index is 13.6. The van der Waals surface area contributed by atoms with Crippen LogP contribution in [0.4, 0.5) is 5.69 Å². The summed E-state index contributed by atoms with van der Waals surface area (Å²) in [6.45, 7) is 1.89. The molecule has 178 valence electrons. The molecule has 1 N–H and O–H groups in total. The van der Waals surface area contributed by atoms with E-state index in [1.807, 2.05) is 19.1 Å². The van der Waals surface area contributed by atoms with Crippen molar-refractivity contribution in [3.8, 4) is 5.75 Å². The number of hydrazone groups is 1. The average Bonchev–Trinajstić information content (AvgIpc) is 3.25. The first-order valence-electron chi connectivity index (χ1n) is 10.5. The normalized spacial score (nSPS) is 16.3. The molecule has 1 heterocycles. The molecule has 1 aliphatic rings. The lowest BCUT2D eigenvalue weighted by molar-refractivity contribution is 0.370. The van der Waals surface area contributed by atoms with Gasteiger partial charge in [-0.2, -0.15) is 17.9 Å². The zero-order valence-electron chi connectivity index (χ0n) is 19.0. The fraction of sp³-hybridized carbons (Fsp3) is 0.208. The number of anilines is 1. The number of rotatable bonds is 7. The Balaban J connectivity index is 1.77. The van der Waals surface area contributed by atoms with E-state index in [0.29, 0.717) is 29.1 Å². The fourth-order valence-electron chi connectivity index (χ4n) is 3.75. The highest BCUT2D eigenvalue weighted by atomic mass is 32.2. The lowest BCUT2D eigenvalue weighted by atomic mass is 9.99. The van der Waals surface area contributed by atoms with Gasteiger partial charge in [0.2, 0.25) is 10.0 Å². The molecule has 0 aromatic heterocycles. The van der Waals surface area contributed by atoms with Gasteiger partial charge in [0.05, 0.1) is 30.0 Å². The highest BCUT2D eigenvalue weighted by Crippen LogP contribution is 2.38. The van der Waals surface area contributed by atoms with E-state index in [4.69, 9.17) is 4.74 Å². The molecule has 3 aromatic rings. The zero-order chi connectivity index (χ0) is 24.5. The van der Waals surface area contributed by atoms with Gasteiger partial charge in [0.1, 0.15) is 5.75 Å². The number of hydrogen-bond donors (Lipinski definition) is 1. The molecule has 0 radical (unpaired) electrons. The minimum Gasteiger partial charge on any atom is -0.497 e. The molecule has 4 rings (SSSR count). The van der Waals surface area contributed by atoms with E-state index in [0.717, 1.165) is 21.8 Å². The van der Waals surface area contributed by atoms with Crippen LogP contribution in [-0.2, 0) is 20.0 Å². The number of nitrogens with one attached hydrogen (secondary N) is 1. The number of ether oxygens (including phenoxy) is 1. The summed E-state index contributed by atoms with van der Waals surface area (Å²) >= 11 is 0. The Hall–Kier alpha value is -3.37. The quantitative estimate of drug-likeness (QED) is 0.531. The average molecular weight is 500 g/mol. The summed E-state index contributed by atoms with van der Waals surface area (Å²) in [5.74, 6) is 0.662. The molecule has 3 aromatic carbocycles. The van der Waals surface area contributed by atoms with Crippen molar-refractivity contribution in [2.45, 2.75) is 24.3 Å². The van der Waals surface area contributed by atoms with E-state index < -0.39 is 26.1 Å². The molecular formula is C24H25N3O5S2. The maximum Gasteiger partial charge on any atom is 0.279 e. The van der Waals surface area contributed by atoms with Gasteiger partial charge in [0.25, 0.3) is 10.0 Å². The van der Waals surface area contributed by atoms with E-state index in [2.05, 4.69) is 9.82 Å². The molecule has 0 aliphatic carbocycles. The highest BCUT2D eigenvalue weighted by Gasteiger charge is 2.37. The van der Waals surface area contributed by atoms with Crippen molar-refractivity contribution in [3.05, 3.63) is 89.5 Å². The summed E-state index contributed by atoms with van der Waals surface area (Å²) in [5, 5.41) is 4.52. The first kappa shape index (κ1) is 23.8. The van der Waals surface area contributed by atoms with Gasteiger partial charge in [0.15, 0.2) is 0 Å². The molecule has 34 heavy (non-hydrogen) atoms. The Morgan fingerprint density at radius 3 is 2.26 bits per heavy atom. The van der Waals surface area contributed by atoms with Gasteiger partial charge >= 0.3 is 0 Å². The lowest BCUT2D eigenvalue weighted by Crippen LogP contribution is -2.27. The molecule has 0 bridgehead atoms. The van der Waals surface area contributed by atoms with Crippen molar-refractivity contribution in [2.24, 2.45) is 5.10 Å². The summed E-state index contributed by atoms with van der Waals surface area (Å²) in [6, 6.07) is 20.0. The summed E-state index contributed by atoms with van der Waals surface area (Å²) in [7, 11) is -5.84. The van der Waals surface area contributed by atoms with Gasteiger partial charge in [-0.25, -0.2) is 8.42 Å². The monoisotopic (exact) mass is 499 g/mol. The smallest absolute Gasteiger partial charge is 0.279 e. The third-order valence-electron chi connectivity index (χ3n) is 5.44. The molecule has 0 spiro atoms. The van der Waals surface area contributed by atoms with E-state index in [-0.39, 0.29) is 4.90 Å². The maximum absolute atomic E-state index is 13.6. The second kappa shape index (κ2) is 9.11. The molecule has 10 heteroatoms. The third kappa shape index (κ3) is 5.07. The number of nitrogens with zero attached hydrogens (tertiary/aromatic N) is 2. The van der Waals surface area contributed by atoms with Crippen molar-refractivity contribution in [1.29, 1.82) is 0 Å². The topological polar surface area (TPSA) is 105 Å². The Kier molecular flexibility index (Phi) is 6.37. The largest absolute Gasteiger partial charge is 0.497 e. The van der Waals surface area contributed by atoms with Gasteiger partial charge in [0, 0.05) is 12.1 Å². The van der Waals surface area contributed by atoms with Crippen LogP contribution >= 0.6 is 0 Å². The first-order valence-corrected chi connectivity index (χ1v) is 13.8. The molecule has 0 unspecified atom stereocenters. The molecule has 0 saturated heterocycles. The molecule has 1 aliphatic heterocycles. The Morgan fingerprint density at radius 1 is 0.971 bits per heavy atom. The van der Waals surface area contributed by atoms with Crippen LogP contribution in [0.2, 0.25) is 0 Å². The van der Waals surface area contributed by atoms with Crippen LogP contribution in [0.25, 0.3) is 0 Å². The summed E-state index contributed by atoms with van der Waals surface area (Å²) in [5.41, 5.74) is 3.26. The van der Waals surface area contributed by atoms with Gasteiger partial charge in [-0.1, -0.05) is 42.0 Å². The van der Waals surface area contributed by atoms with Crippen molar-refractivity contribution >= 4 is 31.4 Å². The number of methoxy groups -OCH3 is 1. The van der Waals surface area contributed by atoms with Crippen molar-refractivity contribution in [3.63, 3.8) is 0 Å². The van der Waals surface area contributed by atoms with Crippen LogP contribution < -0.4 is 9.46 Å². The van der Waals surface area contributed by atoms with Gasteiger partial charge in [-0.05, 0) is 54.4 Å². The van der Waals surface area contributed by atoms with Crippen LogP contribution in [0.15, 0.2) is 82.8 Å². The van der Waals surface area contributed by atoms with E-state index in [1.165, 1.54) is 0 Å². The van der Waals surface area contributed by atoms with Gasteiger partial charge < -0.3 is 4.74 Å². The zero-order valence-corrected chi connectivity index (χ0v) is 20.6. The lowest BCUT2D eigenvalue weighted by Gasteiger charge is -2.23. The van der Waals surface area contributed by atoms with Crippen LogP contribution in [-0.4, -0.2) is 40.3 Å². The Bertz CT molecular complexity index is 1430. The van der Waals surface area contributed by atoms with Crippen molar-refractivity contribution in [1.82, 2.24) is 4.41 Å². The third-order valence-corrected chi connectivity index (χ3v) is 7.74. The Morgan fingerprint density at radius 2 is 1.65 bits per heavy atom. The van der Waals surface area contributed by atoms with Crippen molar-refractivity contribution < 1.29 is 21.6 Å². The predicted octanol–water partition coefficient (Wildman–Crippen LogP) is 3.92. The van der Waals surface area contributed by atoms with Crippen LogP contribution in [0.3, 0.4) is 0 Å². The number of hydrogen-bond acceptors (Lipinski definition) is 6. The fourth-order valence-corrected chi connectivity index (χ4v) is 5.74. The molecule has 0 saturated carbocycles. The van der Waals surface area contributed by atoms with Gasteiger partial charge in [-0.3, -0.25) is 4.72 Å². The van der Waals surface area contributed by atoms with Crippen LogP contribution in [0, 0.1) is 6.92 Å². The van der Waals surface area contributed by atoms with Crippen LogP contribution in [0.1, 0.15) is 29.2 Å². The summed E-state index contributed by atoms with van der Waals surface area (Å²) in [4.78, 5) is 0.147. The number of aryl methyl sites for hydroxylation is 1. The standard InChI is InChI=1S/C24H25N3O5S2/c1-17-7-13-22(14-8-17)34(30,31)27-24(18-9-11-21(32-2)12-10-18)16-23(25-27)19-5-4-6-20(15-19)26-33(3,28)29/h4-15,24,26H,16H2,1-3H3/t24-/m0/s1. The van der Waals surface area contributed by atoms with E-state index in [9.17, 15) is 16.8 Å². The van der Waals surface area contributed by atoms with Crippen LogP contribution in [0.5, 0.6) is 5.75 Å². The minimum atomic E-state index is -3.95. The molecule has 1 atom stereocenters. The van der Waals surface area contributed by atoms with Gasteiger partial charge in [-0.15, -0.1) is 0 Å². The molecule has 0 fully saturated rings. The second-order valence-corrected chi connectivity index (χ2v) is 11.6. The predicted molar refractivity (Wildman–Crippen MR) is 132 cm³/mol. The van der Waals surface area contributed by atoms with E-state index >= 15 is 0 Å². The molecule has 8 nitrogen and oxygen atoms in total. The summed E-state index contributed by atoms with van der Waals surface area (Å²) in [6.07, 6.45) is 1.39. The first-order chi connectivity index (χ1) is 16.1. The van der Waals surface area contributed by atoms with E-state index in [1.54, 1.807) is 67.8 Å². The Labute approximate surface area is 200 Å².